The van der Waals surface area contributed by atoms with Crippen molar-refractivity contribution in [3.05, 3.63) is 72.2 Å². The molecule has 2 heterocycles. The molecule has 0 radical (unpaired) electrons. The Bertz CT molecular complexity index is 942. The predicted octanol–water partition coefficient (Wildman–Crippen LogP) is 10.4. The number of aromatic nitrogens is 2. The van der Waals surface area contributed by atoms with E-state index in [2.05, 4.69) is 62.4 Å². The topological polar surface area (TPSA) is 25.8 Å². The molecule has 2 aromatic heterocycles. The lowest BCUT2D eigenvalue weighted by molar-refractivity contribution is 0.575. The molecule has 0 aliphatic carbocycles. The van der Waals surface area contributed by atoms with Gasteiger partial charge in [0.05, 0.1) is 5.69 Å². The van der Waals surface area contributed by atoms with Gasteiger partial charge >= 0.3 is 0 Å². The molecule has 1 aromatic carbocycles. The number of aryl methyl sites for hydroxylation is 2. The van der Waals surface area contributed by atoms with Crippen molar-refractivity contribution in [2.45, 2.75) is 117 Å². The fourth-order valence-electron chi connectivity index (χ4n) is 4.87. The van der Waals surface area contributed by atoms with Gasteiger partial charge in [-0.3, -0.25) is 9.97 Å². The standard InChI is InChI=1S/C34H48N2/c1-3-5-7-9-11-12-13-15-17-29-19-21-30(22-20-29)31-24-26-34(36-27-31)32-23-25-33(35-28-32)18-16-14-10-8-6-4-2/h19-28H,3-18H2,1-2H3. The van der Waals surface area contributed by atoms with Crippen molar-refractivity contribution >= 4 is 0 Å². The minimum atomic E-state index is 0.990. The van der Waals surface area contributed by atoms with Crippen molar-refractivity contribution in [2.24, 2.45) is 0 Å². The van der Waals surface area contributed by atoms with E-state index in [9.17, 15) is 0 Å². The van der Waals surface area contributed by atoms with Crippen molar-refractivity contribution in [1.29, 1.82) is 0 Å². The lowest BCUT2D eigenvalue weighted by atomic mass is 10.0. The average Bonchev–Trinajstić information content (AvgIpc) is 2.93. The van der Waals surface area contributed by atoms with Crippen LogP contribution >= 0.6 is 0 Å². The molecule has 0 fully saturated rings. The highest BCUT2D eigenvalue weighted by atomic mass is 14.7. The summed E-state index contributed by atoms with van der Waals surface area (Å²) in [5.41, 5.74) is 7.13. The fourth-order valence-corrected chi connectivity index (χ4v) is 4.87. The molecule has 0 saturated carbocycles. The van der Waals surface area contributed by atoms with Crippen molar-refractivity contribution in [1.82, 2.24) is 9.97 Å². The molecule has 2 heteroatoms. The third-order valence-electron chi connectivity index (χ3n) is 7.28. The van der Waals surface area contributed by atoms with Gasteiger partial charge in [0, 0.05) is 29.2 Å². The van der Waals surface area contributed by atoms with Crippen LogP contribution in [-0.2, 0) is 12.8 Å². The number of unbranched alkanes of at least 4 members (excludes halogenated alkanes) is 12. The van der Waals surface area contributed by atoms with Gasteiger partial charge in [-0.15, -0.1) is 0 Å². The Kier molecular flexibility index (Phi) is 13.3. The van der Waals surface area contributed by atoms with E-state index in [1.807, 2.05) is 12.4 Å². The molecule has 0 unspecified atom stereocenters. The lowest BCUT2D eigenvalue weighted by Crippen LogP contribution is -1.92. The zero-order valence-corrected chi connectivity index (χ0v) is 23.0. The summed E-state index contributed by atoms with van der Waals surface area (Å²) in [6.45, 7) is 4.55. The third kappa shape index (κ3) is 10.2. The first-order chi connectivity index (χ1) is 17.8. The molecule has 2 nitrogen and oxygen atoms in total. The summed E-state index contributed by atoms with van der Waals surface area (Å²) >= 11 is 0. The van der Waals surface area contributed by atoms with Crippen molar-refractivity contribution in [3.8, 4) is 22.4 Å². The van der Waals surface area contributed by atoms with Crippen molar-refractivity contribution in [3.63, 3.8) is 0 Å². The van der Waals surface area contributed by atoms with E-state index in [0.717, 1.165) is 17.7 Å². The summed E-state index contributed by atoms with van der Waals surface area (Å²) in [5, 5.41) is 0. The molecule has 0 aliphatic heterocycles. The molecule has 0 aliphatic rings. The van der Waals surface area contributed by atoms with Gasteiger partial charge in [-0.25, -0.2) is 0 Å². The first kappa shape index (κ1) is 28.1. The van der Waals surface area contributed by atoms with Crippen molar-refractivity contribution < 1.29 is 0 Å². The average molecular weight is 485 g/mol. The van der Waals surface area contributed by atoms with Crippen LogP contribution in [0.3, 0.4) is 0 Å². The van der Waals surface area contributed by atoms with Crippen LogP contribution in [0, 0.1) is 0 Å². The summed E-state index contributed by atoms with van der Waals surface area (Å²) in [6, 6.07) is 17.7. The highest BCUT2D eigenvalue weighted by molar-refractivity contribution is 5.66. The molecule has 0 N–H and O–H groups in total. The molecule has 0 spiro atoms. The number of nitrogens with zero attached hydrogens (tertiary/aromatic N) is 2. The summed E-state index contributed by atoms with van der Waals surface area (Å²) in [6.07, 6.45) is 25.2. The molecule has 0 amide bonds. The van der Waals surface area contributed by atoms with Gasteiger partial charge < -0.3 is 0 Å². The Labute approximate surface area is 221 Å². The van der Waals surface area contributed by atoms with Crippen LogP contribution < -0.4 is 0 Å². The second-order valence-corrected chi connectivity index (χ2v) is 10.4. The summed E-state index contributed by atoms with van der Waals surface area (Å²) < 4.78 is 0. The van der Waals surface area contributed by atoms with E-state index in [0.29, 0.717) is 0 Å². The van der Waals surface area contributed by atoms with E-state index >= 15 is 0 Å². The lowest BCUT2D eigenvalue weighted by Gasteiger charge is -2.07. The molecule has 3 rings (SSSR count). The van der Waals surface area contributed by atoms with Gasteiger partial charge in [0.2, 0.25) is 0 Å². The second kappa shape index (κ2) is 17.1. The van der Waals surface area contributed by atoms with E-state index < -0.39 is 0 Å². The third-order valence-corrected chi connectivity index (χ3v) is 7.28. The van der Waals surface area contributed by atoms with E-state index in [1.54, 1.807) is 0 Å². The molecule has 3 aromatic rings. The Balaban J connectivity index is 1.41. The Hall–Kier alpha value is -2.48. The molecule has 0 saturated heterocycles. The highest BCUT2D eigenvalue weighted by Crippen LogP contribution is 2.23. The van der Waals surface area contributed by atoms with Crippen LogP contribution in [-0.4, -0.2) is 9.97 Å². The van der Waals surface area contributed by atoms with Crippen LogP contribution in [0.4, 0.5) is 0 Å². The van der Waals surface area contributed by atoms with Crippen LogP contribution in [0.5, 0.6) is 0 Å². The molecular formula is C34H48N2. The molecule has 0 bridgehead atoms. The SMILES string of the molecule is CCCCCCCCCCc1ccc(-c2ccc(-c3ccc(CCCCCCCC)nc3)nc2)cc1. The monoisotopic (exact) mass is 484 g/mol. The maximum atomic E-state index is 4.74. The van der Waals surface area contributed by atoms with Gasteiger partial charge in [-0.05, 0) is 55.0 Å². The highest BCUT2D eigenvalue weighted by Gasteiger charge is 2.04. The predicted molar refractivity (Wildman–Crippen MR) is 156 cm³/mol. The first-order valence-electron chi connectivity index (χ1n) is 14.8. The maximum absolute atomic E-state index is 4.74. The molecule has 0 atom stereocenters. The summed E-state index contributed by atoms with van der Waals surface area (Å²) in [5.74, 6) is 0. The maximum Gasteiger partial charge on any atom is 0.0717 e. The number of pyridine rings is 2. The van der Waals surface area contributed by atoms with Gasteiger partial charge in [0.15, 0.2) is 0 Å². The quantitative estimate of drug-likeness (QED) is 0.168. The zero-order chi connectivity index (χ0) is 25.3. The summed E-state index contributed by atoms with van der Waals surface area (Å²) in [7, 11) is 0. The fraction of sp³-hybridized carbons (Fsp3) is 0.529. The second-order valence-electron chi connectivity index (χ2n) is 10.4. The van der Waals surface area contributed by atoms with Gasteiger partial charge in [0.25, 0.3) is 0 Å². The Morgan fingerprint density at radius 1 is 0.444 bits per heavy atom. The Morgan fingerprint density at radius 3 is 1.53 bits per heavy atom. The molecule has 194 valence electrons. The van der Waals surface area contributed by atoms with E-state index in [1.165, 1.54) is 119 Å². The minimum absolute atomic E-state index is 0.990. The number of hydrogen-bond donors (Lipinski definition) is 0. The largest absolute Gasteiger partial charge is 0.261 e. The minimum Gasteiger partial charge on any atom is -0.261 e. The molecular weight excluding hydrogens is 436 g/mol. The Morgan fingerprint density at radius 2 is 0.972 bits per heavy atom. The number of rotatable bonds is 18. The smallest absolute Gasteiger partial charge is 0.0717 e. The normalized spacial score (nSPS) is 11.2. The zero-order valence-electron chi connectivity index (χ0n) is 23.0. The van der Waals surface area contributed by atoms with Gasteiger partial charge in [-0.1, -0.05) is 121 Å². The number of benzene rings is 1. The van der Waals surface area contributed by atoms with E-state index in [4.69, 9.17) is 9.97 Å². The van der Waals surface area contributed by atoms with Crippen LogP contribution in [0.15, 0.2) is 60.9 Å². The molecule has 36 heavy (non-hydrogen) atoms. The first-order valence-corrected chi connectivity index (χ1v) is 14.8. The number of hydrogen-bond acceptors (Lipinski definition) is 2. The van der Waals surface area contributed by atoms with Crippen LogP contribution in [0.1, 0.15) is 115 Å². The van der Waals surface area contributed by atoms with Crippen molar-refractivity contribution in [2.75, 3.05) is 0 Å². The van der Waals surface area contributed by atoms with E-state index in [-0.39, 0.29) is 0 Å². The van der Waals surface area contributed by atoms with Gasteiger partial charge in [0.1, 0.15) is 0 Å². The van der Waals surface area contributed by atoms with Crippen LogP contribution in [0.25, 0.3) is 22.4 Å². The van der Waals surface area contributed by atoms with Gasteiger partial charge in [-0.2, -0.15) is 0 Å². The van der Waals surface area contributed by atoms with Crippen LogP contribution in [0.2, 0.25) is 0 Å². The summed E-state index contributed by atoms with van der Waals surface area (Å²) in [4.78, 5) is 9.43.